The highest BCUT2D eigenvalue weighted by molar-refractivity contribution is 6.32. The topological polar surface area (TPSA) is 30.9 Å². The molecule has 0 saturated carbocycles. The van der Waals surface area contributed by atoms with Crippen molar-refractivity contribution in [3.8, 4) is 11.5 Å². The van der Waals surface area contributed by atoms with Gasteiger partial charge in [-0.3, -0.25) is 0 Å². The lowest BCUT2D eigenvalue weighted by Crippen LogP contribution is -2.27. The molecule has 0 atom stereocenters. The predicted octanol–water partition coefficient (Wildman–Crippen LogP) is 5.98. The highest BCUT2D eigenvalue weighted by Crippen LogP contribution is 2.37. The van der Waals surface area contributed by atoms with E-state index in [1.54, 1.807) is 0 Å². The largest absolute Gasteiger partial charge is 0.431 e. The lowest BCUT2D eigenvalue weighted by atomic mass is 9.99. The molecule has 0 bridgehead atoms. The van der Waals surface area contributed by atoms with Crippen LogP contribution in [0, 0.1) is 5.92 Å². The number of rotatable bonds is 12. The van der Waals surface area contributed by atoms with Crippen LogP contribution < -0.4 is 14.4 Å². The van der Waals surface area contributed by atoms with E-state index in [0.717, 1.165) is 5.69 Å². The number of nitrogens with zero attached hydrogens (tertiary/aromatic N) is 1. The summed E-state index contributed by atoms with van der Waals surface area (Å²) in [6.07, 6.45) is 0. The maximum atomic E-state index is 12.8. The second-order valence-corrected chi connectivity index (χ2v) is 10.6. The summed E-state index contributed by atoms with van der Waals surface area (Å²) >= 11 is 0. The lowest BCUT2D eigenvalue weighted by Gasteiger charge is -2.30. The van der Waals surface area contributed by atoms with Crippen LogP contribution in [0.15, 0.2) is 48.5 Å². The van der Waals surface area contributed by atoms with Gasteiger partial charge >= 0.3 is 13.2 Å². The van der Waals surface area contributed by atoms with Gasteiger partial charge in [-0.15, -0.1) is 0 Å². The molecular weight excluding hydrogens is 430 g/mol. The molecule has 0 saturated heterocycles. The van der Waals surface area contributed by atoms with Gasteiger partial charge in [0.05, 0.1) is 6.61 Å². The number of ether oxygens (including phenoxy) is 2. The lowest BCUT2D eigenvalue weighted by molar-refractivity contribution is -0.0692. The number of halogens is 4. The Kier molecular flexibility index (Phi) is 9.18. The van der Waals surface area contributed by atoms with Gasteiger partial charge in [-0.25, -0.2) is 0 Å². The van der Waals surface area contributed by atoms with Crippen LogP contribution in [-0.4, -0.2) is 36.1 Å². The third-order valence-electron chi connectivity index (χ3n) is 5.24. The standard InChI is InChI=1S/C22H29F4NO3Si/c1-15(2)22(3,4)31-28-13-12-27(16-8-6-5-7-9-16)17-10-11-18(29-20(23)24)19(14-17)30-21(25)26/h5-11,14-15,20-21H,12-13,31H2,1-4H3. The minimum Gasteiger partial charge on any atom is -0.431 e. The molecule has 0 aliphatic carbocycles. The summed E-state index contributed by atoms with van der Waals surface area (Å²) in [5.41, 5.74) is 1.30. The molecular formula is C22H29F4NO3Si. The first kappa shape index (κ1) is 25.0. The number of benzene rings is 2. The van der Waals surface area contributed by atoms with Crippen molar-refractivity contribution in [2.75, 3.05) is 18.1 Å². The molecule has 31 heavy (non-hydrogen) atoms. The van der Waals surface area contributed by atoms with E-state index in [-0.39, 0.29) is 5.04 Å². The fourth-order valence-electron chi connectivity index (χ4n) is 2.72. The van der Waals surface area contributed by atoms with Crippen LogP contribution in [0.25, 0.3) is 0 Å². The summed E-state index contributed by atoms with van der Waals surface area (Å²) in [6, 6.07) is 13.3. The summed E-state index contributed by atoms with van der Waals surface area (Å²) in [4.78, 5) is 1.86. The van der Waals surface area contributed by atoms with Gasteiger partial charge in [0.1, 0.15) is 0 Å². The van der Waals surface area contributed by atoms with E-state index in [1.165, 1.54) is 18.2 Å². The Hall–Kier alpha value is -2.26. The Balaban J connectivity index is 2.25. The molecule has 0 unspecified atom stereocenters. The van der Waals surface area contributed by atoms with Gasteiger partial charge in [0.2, 0.25) is 0 Å². The maximum Gasteiger partial charge on any atom is 0.387 e. The van der Waals surface area contributed by atoms with Gasteiger partial charge in [0.15, 0.2) is 21.3 Å². The van der Waals surface area contributed by atoms with Crippen LogP contribution in [0.3, 0.4) is 0 Å². The molecule has 0 fully saturated rings. The van der Waals surface area contributed by atoms with Crippen molar-refractivity contribution in [1.82, 2.24) is 0 Å². The number of hydrogen-bond acceptors (Lipinski definition) is 4. The van der Waals surface area contributed by atoms with Crippen molar-refractivity contribution in [2.45, 2.75) is 46.0 Å². The van der Waals surface area contributed by atoms with Gasteiger partial charge in [-0.2, -0.15) is 17.6 Å². The summed E-state index contributed by atoms with van der Waals surface area (Å²) in [5.74, 6) is -0.403. The normalized spacial score (nSPS) is 12.4. The zero-order valence-electron chi connectivity index (χ0n) is 18.2. The van der Waals surface area contributed by atoms with E-state index in [4.69, 9.17) is 4.43 Å². The smallest absolute Gasteiger partial charge is 0.387 e. The molecule has 0 spiro atoms. The molecule has 0 heterocycles. The van der Waals surface area contributed by atoms with Gasteiger partial charge in [0.25, 0.3) is 0 Å². The second-order valence-electron chi connectivity index (χ2n) is 8.07. The molecule has 172 valence electrons. The average molecular weight is 460 g/mol. The van der Waals surface area contributed by atoms with Gasteiger partial charge in [-0.05, 0) is 35.2 Å². The molecule has 0 N–H and O–H groups in total. The Morgan fingerprint density at radius 2 is 1.48 bits per heavy atom. The predicted molar refractivity (Wildman–Crippen MR) is 117 cm³/mol. The van der Waals surface area contributed by atoms with Gasteiger partial charge < -0.3 is 18.8 Å². The van der Waals surface area contributed by atoms with E-state index < -0.39 is 34.5 Å². The Labute approximate surface area is 183 Å². The Morgan fingerprint density at radius 1 is 0.871 bits per heavy atom. The summed E-state index contributed by atoms with van der Waals surface area (Å²) in [7, 11) is -0.807. The average Bonchev–Trinajstić information content (AvgIpc) is 2.69. The molecule has 0 aliphatic heterocycles. The quantitative estimate of drug-likeness (QED) is 0.222. The number of para-hydroxylation sites is 1. The molecule has 0 aliphatic rings. The van der Waals surface area contributed by atoms with Gasteiger partial charge in [0, 0.05) is 24.0 Å². The van der Waals surface area contributed by atoms with Crippen molar-refractivity contribution in [3.63, 3.8) is 0 Å². The molecule has 2 aromatic rings. The third-order valence-corrected chi connectivity index (χ3v) is 7.29. The number of hydrogen-bond donors (Lipinski definition) is 0. The first-order chi connectivity index (χ1) is 14.6. The van der Waals surface area contributed by atoms with Crippen LogP contribution in [0.5, 0.6) is 11.5 Å². The molecule has 2 aromatic carbocycles. The van der Waals surface area contributed by atoms with E-state index in [0.29, 0.717) is 24.8 Å². The summed E-state index contributed by atoms with van der Waals surface area (Å²) in [6.45, 7) is 3.28. The molecule has 0 radical (unpaired) electrons. The number of alkyl halides is 4. The molecule has 2 rings (SSSR count). The van der Waals surface area contributed by atoms with Crippen molar-refractivity contribution in [2.24, 2.45) is 5.92 Å². The van der Waals surface area contributed by atoms with E-state index >= 15 is 0 Å². The van der Waals surface area contributed by atoms with Crippen LogP contribution in [0.1, 0.15) is 27.7 Å². The Morgan fingerprint density at radius 3 is 2.06 bits per heavy atom. The highest BCUT2D eigenvalue weighted by Gasteiger charge is 2.24. The monoisotopic (exact) mass is 459 g/mol. The summed E-state index contributed by atoms with van der Waals surface area (Å²) < 4.78 is 65.7. The SMILES string of the molecule is CC(C)C(C)(C)[SiH2]OCCN(c1ccccc1)c1ccc(OC(F)F)c(OC(F)F)c1. The fourth-order valence-corrected chi connectivity index (χ4v) is 3.85. The van der Waals surface area contributed by atoms with Crippen molar-refractivity contribution in [3.05, 3.63) is 48.5 Å². The van der Waals surface area contributed by atoms with Gasteiger partial charge in [-0.1, -0.05) is 45.9 Å². The molecule has 0 aromatic heterocycles. The Bertz CT molecular complexity index is 807. The minimum atomic E-state index is -3.17. The van der Waals surface area contributed by atoms with Crippen LogP contribution in [-0.2, 0) is 4.43 Å². The minimum absolute atomic E-state index is 0.143. The zero-order chi connectivity index (χ0) is 23.0. The van der Waals surface area contributed by atoms with Crippen LogP contribution >= 0.6 is 0 Å². The van der Waals surface area contributed by atoms with Crippen LogP contribution in [0.4, 0.5) is 28.9 Å². The second kappa shape index (κ2) is 11.4. The molecule has 0 amide bonds. The molecule has 4 nitrogen and oxygen atoms in total. The fraction of sp³-hybridized carbons (Fsp3) is 0.455. The zero-order valence-corrected chi connectivity index (χ0v) is 19.6. The third kappa shape index (κ3) is 7.73. The van der Waals surface area contributed by atoms with Crippen molar-refractivity contribution < 1.29 is 31.5 Å². The first-order valence-electron chi connectivity index (χ1n) is 10.0. The van der Waals surface area contributed by atoms with Crippen molar-refractivity contribution >= 4 is 21.1 Å². The van der Waals surface area contributed by atoms with Crippen LogP contribution in [0.2, 0.25) is 5.04 Å². The maximum absolute atomic E-state index is 12.8. The first-order valence-corrected chi connectivity index (χ1v) is 11.3. The van der Waals surface area contributed by atoms with Crippen molar-refractivity contribution in [1.29, 1.82) is 0 Å². The summed E-state index contributed by atoms with van der Waals surface area (Å²) in [5, 5.41) is 0.143. The highest BCUT2D eigenvalue weighted by atomic mass is 28.2. The molecule has 9 heteroatoms. The van der Waals surface area contributed by atoms with E-state index in [2.05, 4.69) is 37.2 Å². The number of anilines is 2. The van der Waals surface area contributed by atoms with E-state index in [1.807, 2.05) is 35.2 Å². The van der Waals surface area contributed by atoms with E-state index in [9.17, 15) is 17.6 Å².